The van der Waals surface area contributed by atoms with Gasteiger partial charge < -0.3 is 10.2 Å². The normalized spacial score (nSPS) is 23.4. The number of carbonyl (C=O) groups is 2. The van der Waals surface area contributed by atoms with Crippen LogP contribution in [0, 0.1) is 11.8 Å². The van der Waals surface area contributed by atoms with Gasteiger partial charge in [0.25, 0.3) is 0 Å². The van der Waals surface area contributed by atoms with E-state index in [9.17, 15) is 9.59 Å². The van der Waals surface area contributed by atoms with Gasteiger partial charge in [0.2, 0.25) is 11.8 Å². The number of benzene rings is 1. The molecule has 0 unspecified atom stereocenters. The van der Waals surface area contributed by atoms with Crippen molar-refractivity contribution in [3.8, 4) is 0 Å². The summed E-state index contributed by atoms with van der Waals surface area (Å²) in [5.74, 6) is 0.597. The van der Waals surface area contributed by atoms with E-state index < -0.39 is 0 Å². The monoisotopic (exact) mass is 314 g/mol. The second-order valence-corrected chi connectivity index (χ2v) is 6.71. The molecular weight excluding hydrogens is 288 g/mol. The number of fused-ring (bicyclic) bond motifs is 1. The summed E-state index contributed by atoms with van der Waals surface area (Å²) in [7, 11) is 0. The first-order chi connectivity index (χ1) is 11.2. The average molecular weight is 314 g/mol. The van der Waals surface area contributed by atoms with Crippen molar-refractivity contribution < 1.29 is 9.59 Å². The minimum atomic E-state index is 0.0800. The molecule has 0 bridgehead atoms. The molecule has 2 amide bonds. The van der Waals surface area contributed by atoms with Crippen LogP contribution in [0.2, 0.25) is 0 Å². The number of amides is 2. The Balaban J connectivity index is 1.56. The Bertz CT molecular complexity index is 576. The van der Waals surface area contributed by atoms with Gasteiger partial charge in [-0.1, -0.05) is 25.1 Å². The van der Waals surface area contributed by atoms with Crippen LogP contribution < -0.4 is 10.2 Å². The van der Waals surface area contributed by atoms with E-state index in [1.54, 1.807) is 0 Å². The lowest BCUT2D eigenvalue weighted by Gasteiger charge is -2.30. The van der Waals surface area contributed by atoms with Gasteiger partial charge in [-0.25, -0.2) is 0 Å². The molecule has 0 saturated heterocycles. The van der Waals surface area contributed by atoms with Gasteiger partial charge in [-0.15, -0.1) is 0 Å². The van der Waals surface area contributed by atoms with Gasteiger partial charge in [0.05, 0.1) is 0 Å². The van der Waals surface area contributed by atoms with Crippen molar-refractivity contribution in [3.05, 3.63) is 29.8 Å². The predicted octanol–water partition coefficient (Wildman–Crippen LogP) is 2.91. The lowest BCUT2D eigenvalue weighted by atomic mass is 9.81. The van der Waals surface area contributed by atoms with Gasteiger partial charge >= 0.3 is 0 Å². The molecule has 124 valence electrons. The molecule has 1 heterocycles. The van der Waals surface area contributed by atoms with Crippen LogP contribution >= 0.6 is 0 Å². The molecule has 1 aliphatic carbocycles. The van der Waals surface area contributed by atoms with E-state index in [-0.39, 0.29) is 23.7 Å². The maximum atomic E-state index is 12.8. The smallest absolute Gasteiger partial charge is 0.230 e. The number of para-hydroxylation sites is 1. The van der Waals surface area contributed by atoms with E-state index in [2.05, 4.69) is 18.3 Å². The third-order valence-corrected chi connectivity index (χ3v) is 5.15. The highest BCUT2D eigenvalue weighted by atomic mass is 16.2. The fourth-order valence-electron chi connectivity index (χ4n) is 3.78. The van der Waals surface area contributed by atoms with E-state index in [4.69, 9.17) is 0 Å². The molecule has 0 atom stereocenters. The van der Waals surface area contributed by atoms with E-state index in [0.29, 0.717) is 0 Å². The summed E-state index contributed by atoms with van der Waals surface area (Å²) in [5, 5.41) is 2.98. The summed E-state index contributed by atoms with van der Waals surface area (Å²) in [4.78, 5) is 26.8. The highest BCUT2D eigenvalue weighted by molar-refractivity contribution is 5.97. The summed E-state index contributed by atoms with van der Waals surface area (Å²) in [6, 6.07) is 8.19. The molecule has 1 aliphatic heterocycles. The van der Waals surface area contributed by atoms with Crippen molar-refractivity contribution >= 4 is 17.5 Å². The molecule has 1 saturated carbocycles. The Morgan fingerprint density at radius 2 is 1.83 bits per heavy atom. The molecule has 1 N–H and O–H groups in total. The topological polar surface area (TPSA) is 49.4 Å². The Hall–Kier alpha value is -1.84. The van der Waals surface area contributed by atoms with Crippen LogP contribution in [-0.4, -0.2) is 24.9 Å². The van der Waals surface area contributed by atoms with E-state index >= 15 is 0 Å². The van der Waals surface area contributed by atoms with Crippen molar-refractivity contribution in [1.82, 2.24) is 5.32 Å². The number of nitrogens with zero attached hydrogens (tertiary/aromatic N) is 1. The number of nitrogens with one attached hydrogen (secondary N) is 1. The number of carbonyl (C=O) groups excluding carboxylic acids is 2. The molecule has 0 spiro atoms. The third-order valence-electron chi connectivity index (χ3n) is 5.15. The lowest BCUT2D eigenvalue weighted by Crippen LogP contribution is -2.39. The molecule has 0 aromatic heterocycles. The molecule has 4 nitrogen and oxygen atoms in total. The number of hydrogen-bond acceptors (Lipinski definition) is 2. The fourth-order valence-corrected chi connectivity index (χ4v) is 3.78. The first-order valence-electron chi connectivity index (χ1n) is 8.87. The SMILES string of the molecule is CCCNC(=O)C1CCC(C(=O)N2CCc3ccccc32)CC1. The van der Waals surface area contributed by atoms with Crippen LogP contribution in [0.5, 0.6) is 0 Å². The van der Waals surface area contributed by atoms with Crippen LogP contribution in [0.15, 0.2) is 24.3 Å². The van der Waals surface area contributed by atoms with Crippen LogP contribution in [0.1, 0.15) is 44.6 Å². The standard InChI is InChI=1S/C19H26N2O2/c1-2-12-20-18(22)15-7-9-16(10-8-15)19(23)21-13-11-14-5-3-4-6-17(14)21/h3-6,15-16H,2,7-13H2,1H3,(H,20,22). The van der Waals surface area contributed by atoms with Crippen molar-refractivity contribution in [2.45, 2.75) is 45.4 Å². The van der Waals surface area contributed by atoms with Gasteiger partial charge in [-0.3, -0.25) is 9.59 Å². The number of hydrogen-bond donors (Lipinski definition) is 1. The quantitative estimate of drug-likeness (QED) is 0.929. The first-order valence-corrected chi connectivity index (χ1v) is 8.87. The predicted molar refractivity (Wildman–Crippen MR) is 91.2 cm³/mol. The summed E-state index contributed by atoms with van der Waals surface area (Å²) in [5.41, 5.74) is 2.36. The van der Waals surface area contributed by atoms with E-state index in [0.717, 1.165) is 57.3 Å². The maximum Gasteiger partial charge on any atom is 0.230 e. The Morgan fingerprint density at radius 3 is 2.57 bits per heavy atom. The summed E-state index contributed by atoms with van der Waals surface area (Å²) in [6.45, 7) is 3.61. The highest BCUT2D eigenvalue weighted by Crippen LogP contribution is 2.34. The molecule has 1 aromatic rings. The van der Waals surface area contributed by atoms with Gasteiger partial charge in [0.15, 0.2) is 0 Å². The van der Waals surface area contributed by atoms with Gasteiger partial charge in [-0.05, 0) is 50.2 Å². The minimum Gasteiger partial charge on any atom is -0.356 e. The molecule has 3 rings (SSSR count). The largest absolute Gasteiger partial charge is 0.356 e. The highest BCUT2D eigenvalue weighted by Gasteiger charge is 2.34. The van der Waals surface area contributed by atoms with Crippen molar-refractivity contribution in [2.24, 2.45) is 11.8 Å². The van der Waals surface area contributed by atoms with Crippen molar-refractivity contribution in [3.63, 3.8) is 0 Å². The molecule has 1 aromatic carbocycles. The number of rotatable bonds is 4. The molecule has 4 heteroatoms. The molecule has 2 aliphatic rings. The Kier molecular flexibility index (Phi) is 4.99. The molecule has 1 fully saturated rings. The average Bonchev–Trinajstić information content (AvgIpc) is 3.03. The third kappa shape index (κ3) is 3.41. The fraction of sp³-hybridized carbons (Fsp3) is 0.579. The van der Waals surface area contributed by atoms with Gasteiger partial charge in [-0.2, -0.15) is 0 Å². The number of anilines is 1. The van der Waals surface area contributed by atoms with Gasteiger partial charge in [0.1, 0.15) is 0 Å². The minimum absolute atomic E-state index is 0.0800. The van der Waals surface area contributed by atoms with Crippen LogP contribution in [-0.2, 0) is 16.0 Å². The Morgan fingerprint density at radius 1 is 1.13 bits per heavy atom. The zero-order chi connectivity index (χ0) is 16.2. The summed E-state index contributed by atoms with van der Waals surface area (Å²) < 4.78 is 0. The molecule has 0 radical (unpaired) electrons. The zero-order valence-electron chi connectivity index (χ0n) is 13.9. The van der Waals surface area contributed by atoms with Crippen LogP contribution in [0.4, 0.5) is 5.69 Å². The first kappa shape index (κ1) is 16.0. The zero-order valence-corrected chi connectivity index (χ0v) is 13.9. The summed E-state index contributed by atoms with van der Waals surface area (Å²) in [6.07, 6.45) is 5.26. The maximum absolute atomic E-state index is 12.8. The summed E-state index contributed by atoms with van der Waals surface area (Å²) >= 11 is 0. The second-order valence-electron chi connectivity index (χ2n) is 6.71. The van der Waals surface area contributed by atoms with Gasteiger partial charge in [0, 0.05) is 30.6 Å². The van der Waals surface area contributed by atoms with Crippen LogP contribution in [0.25, 0.3) is 0 Å². The van der Waals surface area contributed by atoms with E-state index in [1.807, 2.05) is 23.1 Å². The lowest BCUT2D eigenvalue weighted by molar-refractivity contribution is -0.129. The van der Waals surface area contributed by atoms with E-state index in [1.165, 1.54) is 5.56 Å². The van der Waals surface area contributed by atoms with Crippen LogP contribution in [0.3, 0.4) is 0 Å². The Labute approximate surface area is 138 Å². The molecule has 23 heavy (non-hydrogen) atoms. The second kappa shape index (κ2) is 7.16. The van der Waals surface area contributed by atoms with Crippen molar-refractivity contribution in [1.29, 1.82) is 0 Å². The molecular formula is C19H26N2O2. The van der Waals surface area contributed by atoms with Crippen molar-refractivity contribution in [2.75, 3.05) is 18.0 Å².